The number of rotatable bonds is 6. The van der Waals surface area contributed by atoms with Crippen LogP contribution < -0.4 is 0 Å². The van der Waals surface area contributed by atoms with Crippen molar-refractivity contribution in [3.63, 3.8) is 0 Å². The van der Waals surface area contributed by atoms with Crippen LogP contribution in [0.5, 0.6) is 0 Å². The average Bonchev–Trinajstić information content (AvgIpc) is 2.97. The molecule has 0 aromatic carbocycles. The molecule has 88 valence electrons. The Morgan fingerprint density at radius 2 is 2.00 bits per heavy atom. The van der Waals surface area contributed by atoms with Crippen molar-refractivity contribution in [2.75, 3.05) is 20.7 Å². The molecule has 0 spiro atoms. The van der Waals surface area contributed by atoms with Crippen LogP contribution in [0.1, 0.15) is 39.5 Å². The van der Waals surface area contributed by atoms with E-state index in [0.29, 0.717) is 18.9 Å². The Morgan fingerprint density at radius 1 is 1.40 bits per heavy atom. The van der Waals surface area contributed by atoms with Gasteiger partial charge in [0, 0.05) is 5.54 Å². The Morgan fingerprint density at radius 3 is 2.33 bits per heavy atom. The van der Waals surface area contributed by atoms with Crippen molar-refractivity contribution in [2.24, 2.45) is 5.92 Å². The van der Waals surface area contributed by atoms with Crippen molar-refractivity contribution in [2.45, 2.75) is 45.1 Å². The highest BCUT2D eigenvalue weighted by molar-refractivity contribution is 5.71. The summed E-state index contributed by atoms with van der Waals surface area (Å²) >= 11 is 0. The van der Waals surface area contributed by atoms with Gasteiger partial charge in [-0.15, -0.1) is 0 Å². The first kappa shape index (κ1) is 12.5. The summed E-state index contributed by atoms with van der Waals surface area (Å²) in [6, 6.07) is 0. The maximum absolute atomic E-state index is 11.6. The van der Waals surface area contributed by atoms with Crippen LogP contribution in [0, 0.1) is 5.92 Å². The SMILES string of the molecule is CCOC(=O)CC(CC)(C1CC1)N(C)C. The molecule has 0 bridgehead atoms. The molecule has 1 aliphatic carbocycles. The monoisotopic (exact) mass is 213 g/mol. The van der Waals surface area contributed by atoms with Crippen molar-refractivity contribution >= 4 is 5.97 Å². The van der Waals surface area contributed by atoms with Gasteiger partial charge >= 0.3 is 5.97 Å². The lowest BCUT2D eigenvalue weighted by Crippen LogP contribution is -2.47. The molecule has 0 N–H and O–H groups in total. The fourth-order valence-electron chi connectivity index (χ4n) is 2.48. The predicted molar refractivity (Wildman–Crippen MR) is 60.7 cm³/mol. The fraction of sp³-hybridized carbons (Fsp3) is 0.917. The van der Waals surface area contributed by atoms with Gasteiger partial charge in [-0.25, -0.2) is 0 Å². The first-order valence-corrected chi connectivity index (χ1v) is 5.90. The minimum Gasteiger partial charge on any atom is -0.466 e. The summed E-state index contributed by atoms with van der Waals surface area (Å²) in [5.74, 6) is 0.627. The Hall–Kier alpha value is -0.570. The number of hydrogen-bond donors (Lipinski definition) is 0. The van der Waals surface area contributed by atoms with Gasteiger partial charge in [-0.2, -0.15) is 0 Å². The fourth-order valence-corrected chi connectivity index (χ4v) is 2.48. The lowest BCUT2D eigenvalue weighted by molar-refractivity contribution is -0.146. The van der Waals surface area contributed by atoms with Gasteiger partial charge in [0.15, 0.2) is 0 Å². The van der Waals surface area contributed by atoms with Gasteiger partial charge in [-0.3, -0.25) is 4.79 Å². The molecule has 0 aliphatic heterocycles. The van der Waals surface area contributed by atoms with Gasteiger partial charge in [-0.05, 0) is 46.2 Å². The van der Waals surface area contributed by atoms with Crippen LogP contribution in [0.15, 0.2) is 0 Å². The molecule has 0 amide bonds. The number of hydrogen-bond acceptors (Lipinski definition) is 3. The van der Waals surface area contributed by atoms with Crippen LogP contribution in [0.3, 0.4) is 0 Å². The van der Waals surface area contributed by atoms with Crippen molar-refractivity contribution in [1.29, 1.82) is 0 Å². The topological polar surface area (TPSA) is 29.5 Å². The molecule has 3 nitrogen and oxygen atoms in total. The molecule has 1 aliphatic rings. The van der Waals surface area contributed by atoms with Crippen LogP contribution in [0.2, 0.25) is 0 Å². The Kier molecular flexibility index (Phi) is 4.14. The van der Waals surface area contributed by atoms with E-state index in [1.807, 2.05) is 6.92 Å². The number of nitrogens with zero attached hydrogens (tertiary/aromatic N) is 1. The zero-order chi connectivity index (χ0) is 11.5. The van der Waals surface area contributed by atoms with Crippen molar-refractivity contribution in [3.05, 3.63) is 0 Å². The molecule has 0 heterocycles. The molecule has 1 atom stereocenters. The minimum absolute atomic E-state index is 0.0340. The molecule has 1 saturated carbocycles. The average molecular weight is 213 g/mol. The number of ether oxygens (including phenoxy) is 1. The zero-order valence-corrected chi connectivity index (χ0v) is 10.4. The number of carbonyl (C=O) groups excluding carboxylic acids is 1. The summed E-state index contributed by atoms with van der Waals surface area (Å²) in [7, 11) is 4.14. The summed E-state index contributed by atoms with van der Waals surface area (Å²) in [5, 5.41) is 0. The van der Waals surface area contributed by atoms with Crippen molar-refractivity contribution < 1.29 is 9.53 Å². The molecular formula is C12H23NO2. The number of carbonyl (C=O) groups is 1. The standard InChI is InChI=1S/C12H23NO2/c1-5-12(13(3)4,10-7-8-10)9-11(14)15-6-2/h10H,5-9H2,1-4H3. The first-order valence-electron chi connectivity index (χ1n) is 5.90. The third-order valence-corrected chi connectivity index (χ3v) is 3.60. The van der Waals surface area contributed by atoms with Gasteiger partial charge in [0.25, 0.3) is 0 Å². The smallest absolute Gasteiger partial charge is 0.307 e. The maximum Gasteiger partial charge on any atom is 0.307 e. The van der Waals surface area contributed by atoms with Crippen LogP contribution in [-0.2, 0) is 9.53 Å². The van der Waals surface area contributed by atoms with E-state index in [1.165, 1.54) is 12.8 Å². The van der Waals surface area contributed by atoms with Crippen LogP contribution in [0.4, 0.5) is 0 Å². The highest BCUT2D eigenvalue weighted by atomic mass is 16.5. The zero-order valence-electron chi connectivity index (χ0n) is 10.4. The first-order chi connectivity index (χ1) is 7.06. The van der Waals surface area contributed by atoms with Gasteiger partial charge in [0.1, 0.15) is 0 Å². The van der Waals surface area contributed by atoms with Crippen LogP contribution >= 0.6 is 0 Å². The Bertz CT molecular complexity index is 220. The van der Waals surface area contributed by atoms with Gasteiger partial charge in [-0.1, -0.05) is 6.92 Å². The summed E-state index contributed by atoms with van der Waals surface area (Å²) in [5.41, 5.74) is 0.0340. The van der Waals surface area contributed by atoms with Crippen molar-refractivity contribution in [3.8, 4) is 0 Å². The Labute approximate surface area is 92.8 Å². The van der Waals surface area contributed by atoms with E-state index < -0.39 is 0 Å². The molecule has 0 aromatic heterocycles. The molecule has 1 fully saturated rings. The third-order valence-electron chi connectivity index (χ3n) is 3.60. The van der Waals surface area contributed by atoms with Crippen LogP contribution in [0.25, 0.3) is 0 Å². The molecule has 1 rings (SSSR count). The predicted octanol–water partition coefficient (Wildman–Crippen LogP) is 2.06. The van der Waals surface area contributed by atoms with Gasteiger partial charge in [0.05, 0.1) is 13.0 Å². The van der Waals surface area contributed by atoms with Crippen molar-refractivity contribution in [1.82, 2.24) is 4.90 Å². The largest absolute Gasteiger partial charge is 0.466 e. The van der Waals surface area contributed by atoms with E-state index in [-0.39, 0.29) is 11.5 Å². The molecule has 15 heavy (non-hydrogen) atoms. The molecule has 0 saturated heterocycles. The van der Waals surface area contributed by atoms with Gasteiger partial charge < -0.3 is 9.64 Å². The second-order valence-electron chi connectivity index (χ2n) is 4.61. The molecule has 0 radical (unpaired) electrons. The summed E-state index contributed by atoms with van der Waals surface area (Å²) in [6.45, 7) is 4.51. The van der Waals surface area contributed by atoms with Gasteiger partial charge in [0.2, 0.25) is 0 Å². The maximum atomic E-state index is 11.6. The lowest BCUT2D eigenvalue weighted by Gasteiger charge is -2.39. The minimum atomic E-state index is -0.0556. The number of esters is 1. The van der Waals surface area contributed by atoms with E-state index in [9.17, 15) is 4.79 Å². The summed E-state index contributed by atoms with van der Waals surface area (Å²) < 4.78 is 5.06. The van der Waals surface area contributed by atoms with E-state index in [2.05, 4.69) is 25.9 Å². The quantitative estimate of drug-likeness (QED) is 0.632. The second-order valence-corrected chi connectivity index (χ2v) is 4.61. The highest BCUT2D eigenvalue weighted by Crippen LogP contribution is 2.46. The van der Waals surface area contributed by atoms with E-state index in [1.54, 1.807) is 0 Å². The highest BCUT2D eigenvalue weighted by Gasteiger charge is 2.47. The molecular weight excluding hydrogens is 190 g/mol. The summed E-state index contributed by atoms with van der Waals surface area (Å²) in [4.78, 5) is 13.8. The van der Waals surface area contributed by atoms with E-state index >= 15 is 0 Å². The van der Waals surface area contributed by atoms with E-state index in [4.69, 9.17) is 4.74 Å². The molecule has 0 aromatic rings. The van der Waals surface area contributed by atoms with E-state index in [0.717, 1.165) is 6.42 Å². The Balaban J connectivity index is 2.67. The second kappa shape index (κ2) is 4.97. The van der Waals surface area contributed by atoms with Crippen LogP contribution in [-0.4, -0.2) is 37.1 Å². The normalized spacial score (nSPS) is 20.1. The summed E-state index contributed by atoms with van der Waals surface area (Å²) in [6.07, 6.45) is 4.06. The molecule has 3 heteroatoms. The third kappa shape index (κ3) is 2.71. The molecule has 1 unspecified atom stereocenters. The lowest BCUT2D eigenvalue weighted by atomic mass is 9.85.